The molecule has 1 fully saturated rings. The number of hydrogen-bond donors (Lipinski definition) is 1. The molecule has 2 heterocycles. The number of nitrogens with zero attached hydrogens (tertiary/aromatic N) is 2. The minimum absolute atomic E-state index is 0.187. The molecule has 4 nitrogen and oxygen atoms in total. The summed E-state index contributed by atoms with van der Waals surface area (Å²) in [5.74, 6) is 0.779. The molecule has 108 valence electrons. The zero-order valence-electron chi connectivity index (χ0n) is 11.6. The fraction of sp³-hybridized carbons (Fsp3) is 0.250. The highest BCUT2D eigenvalue weighted by Crippen LogP contribution is 2.19. The highest BCUT2D eigenvalue weighted by Gasteiger charge is 2.13. The molecule has 1 N–H and O–H groups in total. The predicted molar refractivity (Wildman–Crippen MR) is 85.1 cm³/mol. The van der Waals surface area contributed by atoms with Crippen LogP contribution in [0, 0.1) is 0 Å². The lowest BCUT2D eigenvalue weighted by atomic mass is 10.2. The first-order valence-corrected chi connectivity index (χ1v) is 7.38. The first kappa shape index (κ1) is 13.9. The molecule has 0 radical (unpaired) electrons. The fourth-order valence-electron chi connectivity index (χ4n) is 2.43. The smallest absolute Gasteiger partial charge is 0.255 e. The maximum atomic E-state index is 12.1. The second-order valence-corrected chi connectivity index (χ2v) is 5.50. The molecule has 21 heavy (non-hydrogen) atoms. The number of carbonyl (C=O) groups excluding carboxylic acids is 1. The normalized spacial score (nSPS) is 14.2. The van der Waals surface area contributed by atoms with Crippen LogP contribution in [0.1, 0.15) is 23.2 Å². The molecular formula is C16H16ClN3O. The Kier molecular flexibility index (Phi) is 4.06. The number of pyridine rings is 1. The molecule has 1 amide bonds. The van der Waals surface area contributed by atoms with E-state index < -0.39 is 0 Å². The van der Waals surface area contributed by atoms with E-state index in [1.54, 1.807) is 30.5 Å². The summed E-state index contributed by atoms with van der Waals surface area (Å²) < 4.78 is 0. The zero-order valence-corrected chi connectivity index (χ0v) is 12.3. The third-order valence-electron chi connectivity index (χ3n) is 3.52. The van der Waals surface area contributed by atoms with Crippen LogP contribution in [0.4, 0.5) is 11.5 Å². The van der Waals surface area contributed by atoms with Gasteiger partial charge in [-0.15, -0.1) is 0 Å². The van der Waals surface area contributed by atoms with Crippen LogP contribution in [0.5, 0.6) is 0 Å². The number of anilines is 2. The van der Waals surface area contributed by atoms with Crippen LogP contribution in [0.2, 0.25) is 5.02 Å². The maximum absolute atomic E-state index is 12.1. The molecule has 1 aliphatic heterocycles. The molecule has 2 aromatic rings. The second kappa shape index (κ2) is 6.14. The summed E-state index contributed by atoms with van der Waals surface area (Å²) in [5.41, 5.74) is 1.22. The Morgan fingerprint density at radius 1 is 1.19 bits per heavy atom. The quantitative estimate of drug-likeness (QED) is 0.942. The fourth-order valence-corrected chi connectivity index (χ4v) is 2.62. The van der Waals surface area contributed by atoms with E-state index in [0.717, 1.165) is 18.9 Å². The molecule has 3 rings (SSSR count). The van der Waals surface area contributed by atoms with Crippen LogP contribution in [-0.4, -0.2) is 24.0 Å². The van der Waals surface area contributed by atoms with E-state index in [-0.39, 0.29) is 5.91 Å². The summed E-state index contributed by atoms with van der Waals surface area (Å²) in [6, 6.07) is 10.7. The van der Waals surface area contributed by atoms with E-state index in [0.29, 0.717) is 16.3 Å². The Hall–Kier alpha value is -2.07. The van der Waals surface area contributed by atoms with Crippen molar-refractivity contribution in [1.29, 1.82) is 0 Å². The van der Waals surface area contributed by atoms with Crippen molar-refractivity contribution in [2.24, 2.45) is 0 Å². The first-order valence-electron chi connectivity index (χ1n) is 7.00. The lowest BCUT2D eigenvalue weighted by Crippen LogP contribution is -2.19. The van der Waals surface area contributed by atoms with Crippen molar-refractivity contribution in [1.82, 2.24) is 4.98 Å². The van der Waals surface area contributed by atoms with E-state index in [4.69, 9.17) is 11.6 Å². The van der Waals surface area contributed by atoms with Crippen molar-refractivity contribution >= 4 is 29.0 Å². The van der Waals surface area contributed by atoms with Gasteiger partial charge in [-0.2, -0.15) is 0 Å². The maximum Gasteiger partial charge on any atom is 0.255 e. The van der Waals surface area contributed by atoms with Crippen molar-refractivity contribution in [3.63, 3.8) is 0 Å². The van der Waals surface area contributed by atoms with Gasteiger partial charge in [0.15, 0.2) is 0 Å². The predicted octanol–water partition coefficient (Wildman–Crippen LogP) is 3.59. The lowest BCUT2D eigenvalue weighted by Gasteiger charge is -2.16. The number of nitrogens with one attached hydrogen (secondary N) is 1. The highest BCUT2D eigenvalue weighted by atomic mass is 35.5. The van der Waals surface area contributed by atoms with Crippen LogP contribution in [0.15, 0.2) is 42.6 Å². The van der Waals surface area contributed by atoms with Crippen molar-refractivity contribution in [2.75, 3.05) is 23.3 Å². The number of aromatic nitrogens is 1. The monoisotopic (exact) mass is 301 g/mol. The minimum Gasteiger partial charge on any atom is -0.357 e. The van der Waals surface area contributed by atoms with Crippen molar-refractivity contribution < 1.29 is 4.79 Å². The van der Waals surface area contributed by atoms with E-state index in [1.165, 1.54) is 12.8 Å². The Balaban J connectivity index is 1.68. The van der Waals surface area contributed by atoms with Crippen molar-refractivity contribution in [3.8, 4) is 0 Å². The Labute approximate surface area is 128 Å². The van der Waals surface area contributed by atoms with Crippen LogP contribution in [0.25, 0.3) is 0 Å². The number of halogens is 1. The third kappa shape index (κ3) is 3.34. The number of carbonyl (C=O) groups is 1. The first-order chi connectivity index (χ1) is 10.2. The van der Waals surface area contributed by atoms with Gasteiger partial charge in [-0.25, -0.2) is 4.98 Å². The van der Waals surface area contributed by atoms with Gasteiger partial charge in [-0.05, 0) is 43.2 Å². The molecule has 1 aromatic carbocycles. The lowest BCUT2D eigenvalue weighted by molar-refractivity contribution is 0.102. The standard InChI is InChI=1S/C16H16ClN3O/c17-13-5-3-4-12(10-13)16(21)19-14-6-7-15(18-11-14)20-8-1-2-9-20/h3-7,10-11H,1-2,8-9H2,(H,19,21). The number of rotatable bonds is 3. The number of benzene rings is 1. The van der Waals surface area contributed by atoms with Crippen LogP contribution in [0.3, 0.4) is 0 Å². The molecule has 0 spiro atoms. The summed E-state index contributed by atoms with van der Waals surface area (Å²) in [7, 11) is 0. The average Bonchev–Trinajstić information content (AvgIpc) is 3.02. The molecule has 0 bridgehead atoms. The van der Waals surface area contributed by atoms with Crippen LogP contribution >= 0.6 is 11.6 Å². The summed E-state index contributed by atoms with van der Waals surface area (Å²) in [6.45, 7) is 2.11. The average molecular weight is 302 g/mol. The molecule has 1 aliphatic rings. The third-order valence-corrected chi connectivity index (χ3v) is 3.76. The molecule has 0 aliphatic carbocycles. The van der Waals surface area contributed by atoms with Gasteiger partial charge in [-0.1, -0.05) is 17.7 Å². The molecule has 1 saturated heterocycles. The van der Waals surface area contributed by atoms with Gasteiger partial charge in [0.25, 0.3) is 5.91 Å². The summed E-state index contributed by atoms with van der Waals surface area (Å²) >= 11 is 5.89. The van der Waals surface area contributed by atoms with E-state index in [2.05, 4.69) is 15.2 Å². The molecule has 1 aromatic heterocycles. The minimum atomic E-state index is -0.187. The second-order valence-electron chi connectivity index (χ2n) is 5.06. The van der Waals surface area contributed by atoms with Gasteiger partial charge >= 0.3 is 0 Å². The highest BCUT2D eigenvalue weighted by molar-refractivity contribution is 6.31. The molecule has 5 heteroatoms. The Bertz CT molecular complexity index is 636. The molecule has 0 unspecified atom stereocenters. The van der Waals surface area contributed by atoms with Gasteiger partial charge in [0.05, 0.1) is 11.9 Å². The largest absolute Gasteiger partial charge is 0.357 e. The van der Waals surface area contributed by atoms with Crippen LogP contribution < -0.4 is 10.2 Å². The van der Waals surface area contributed by atoms with E-state index in [9.17, 15) is 4.79 Å². The molecule has 0 atom stereocenters. The zero-order chi connectivity index (χ0) is 14.7. The van der Waals surface area contributed by atoms with E-state index >= 15 is 0 Å². The van der Waals surface area contributed by atoms with Gasteiger partial charge in [0.2, 0.25) is 0 Å². The summed E-state index contributed by atoms with van der Waals surface area (Å²) in [5, 5.41) is 3.37. The van der Waals surface area contributed by atoms with E-state index in [1.807, 2.05) is 12.1 Å². The SMILES string of the molecule is O=C(Nc1ccc(N2CCCC2)nc1)c1cccc(Cl)c1. The van der Waals surface area contributed by atoms with Crippen LogP contribution in [-0.2, 0) is 0 Å². The Morgan fingerprint density at radius 3 is 2.67 bits per heavy atom. The molecule has 0 saturated carbocycles. The van der Waals surface area contributed by atoms with Crippen molar-refractivity contribution in [3.05, 3.63) is 53.2 Å². The van der Waals surface area contributed by atoms with Gasteiger partial charge < -0.3 is 10.2 Å². The number of hydrogen-bond acceptors (Lipinski definition) is 3. The summed E-state index contributed by atoms with van der Waals surface area (Å²) in [6.07, 6.45) is 4.12. The van der Waals surface area contributed by atoms with Gasteiger partial charge in [0, 0.05) is 23.7 Å². The Morgan fingerprint density at radius 2 is 2.00 bits per heavy atom. The topological polar surface area (TPSA) is 45.2 Å². The van der Waals surface area contributed by atoms with Gasteiger partial charge in [-0.3, -0.25) is 4.79 Å². The van der Waals surface area contributed by atoms with Gasteiger partial charge in [0.1, 0.15) is 5.82 Å². The van der Waals surface area contributed by atoms with Crippen molar-refractivity contribution in [2.45, 2.75) is 12.8 Å². The number of amides is 1. The summed E-state index contributed by atoms with van der Waals surface area (Å²) in [4.78, 5) is 18.8. The molecular weight excluding hydrogens is 286 g/mol.